The quantitative estimate of drug-likeness (QED) is 0.332. The first-order valence-electron chi connectivity index (χ1n) is 10.7. The fourth-order valence-electron chi connectivity index (χ4n) is 3.85. The van der Waals surface area contributed by atoms with Gasteiger partial charge in [-0.25, -0.2) is 0 Å². The van der Waals surface area contributed by atoms with E-state index in [0.717, 1.165) is 71.8 Å². The van der Waals surface area contributed by atoms with Gasteiger partial charge in [-0.2, -0.15) is 0 Å². The van der Waals surface area contributed by atoms with Crippen LogP contribution in [0.15, 0.2) is 52.4 Å². The predicted octanol–water partition coefficient (Wildman–Crippen LogP) is 6.67. The largest absolute Gasteiger partial charge is 0.497 e. The van der Waals surface area contributed by atoms with Gasteiger partial charge in [0, 0.05) is 33.9 Å². The number of benzene rings is 2. The molecule has 0 aliphatic carbocycles. The van der Waals surface area contributed by atoms with Gasteiger partial charge >= 0.3 is 0 Å². The maximum Gasteiger partial charge on any atom is 0.270 e. The van der Waals surface area contributed by atoms with Crippen molar-refractivity contribution in [2.24, 2.45) is 4.99 Å². The van der Waals surface area contributed by atoms with Gasteiger partial charge in [-0.15, -0.1) is 11.8 Å². The van der Waals surface area contributed by atoms with E-state index in [4.69, 9.17) is 9.73 Å². The summed E-state index contributed by atoms with van der Waals surface area (Å²) in [4.78, 5) is 17.6. The molecule has 6 heteroatoms. The molecule has 0 atom stereocenters. The highest BCUT2D eigenvalue weighted by Gasteiger charge is 2.33. The van der Waals surface area contributed by atoms with Crippen molar-refractivity contribution in [2.75, 3.05) is 12.9 Å². The molecular formula is C24H30N2O3S. The molecule has 0 spiro atoms. The van der Waals surface area contributed by atoms with Crippen LogP contribution in [0.5, 0.6) is 5.75 Å². The smallest absolute Gasteiger partial charge is 0.270 e. The molecule has 2 aromatic rings. The molecule has 0 fully saturated rings. The summed E-state index contributed by atoms with van der Waals surface area (Å²) < 4.78 is 5.32. The Labute approximate surface area is 183 Å². The zero-order valence-corrected chi connectivity index (χ0v) is 18.8. The molecule has 0 saturated carbocycles. The van der Waals surface area contributed by atoms with Gasteiger partial charge in [0.15, 0.2) is 0 Å². The average Bonchev–Trinajstić information content (AvgIpc) is 2.93. The highest BCUT2D eigenvalue weighted by atomic mass is 32.2. The van der Waals surface area contributed by atoms with Crippen molar-refractivity contribution < 1.29 is 9.66 Å². The highest BCUT2D eigenvalue weighted by Crippen LogP contribution is 2.40. The summed E-state index contributed by atoms with van der Waals surface area (Å²) in [5.41, 5.74) is 2.63. The number of fused-ring (bicyclic) bond motifs is 1. The lowest BCUT2D eigenvalue weighted by atomic mass is 9.88. The number of nitrogens with zero attached hydrogens (tertiary/aromatic N) is 2. The maximum absolute atomic E-state index is 11.5. The van der Waals surface area contributed by atoms with Crippen LogP contribution in [0.4, 0.5) is 5.69 Å². The normalized spacial score (nSPS) is 15.1. The molecule has 2 aromatic carbocycles. The van der Waals surface area contributed by atoms with E-state index in [0.29, 0.717) is 0 Å². The van der Waals surface area contributed by atoms with Gasteiger partial charge in [0.2, 0.25) is 0 Å². The second-order valence-electron chi connectivity index (χ2n) is 7.85. The van der Waals surface area contributed by atoms with Gasteiger partial charge in [0.05, 0.1) is 23.3 Å². The molecule has 1 heterocycles. The molecule has 30 heavy (non-hydrogen) atoms. The van der Waals surface area contributed by atoms with Crippen LogP contribution in [0.25, 0.3) is 0 Å². The van der Waals surface area contributed by atoms with Crippen LogP contribution in [-0.4, -0.2) is 29.0 Å². The van der Waals surface area contributed by atoms with Crippen molar-refractivity contribution >= 4 is 23.2 Å². The van der Waals surface area contributed by atoms with Crippen LogP contribution in [-0.2, 0) is 0 Å². The Hall–Kier alpha value is -2.34. The summed E-state index contributed by atoms with van der Waals surface area (Å²) in [6, 6.07) is 13.0. The maximum atomic E-state index is 11.5. The Bertz CT molecular complexity index is 901. The van der Waals surface area contributed by atoms with Crippen LogP contribution in [0.1, 0.15) is 63.5 Å². The number of non-ortho nitro benzene ring substituents is 1. The summed E-state index contributed by atoms with van der Waals surface area (Å²) in [5.74, 6) is 1.68. The van der Waals surface area contributed by atoms with Crippen molar-refractivity contribution in [3.8, 4) is 5.75 Å². The van der Waals surface area contributed by atoms with Crippen LogP contribution < -0.4 is 4.74 Å². The second kappa shape index (κ2) is 10.1. The molecule has 0 N–H and O–H groups in total. The molecule has 3 rings (SSSR count). The van der Waals surface area contributed by atoms with Crippen LogP contribution in [0, 0.1) is 10.1 Å². The monoisotopic (exact) mass is 426 g/mol. The molecule has 5 nitrogen and oxygen atoms in total. The lowest BCUT2D eigenvalue weighted by Crippen LogP contribution is -2.31. The third kappa shape index (κ3) is 5.04. The summed E-state index contributed by atoms with van der Waals surface area (Å²) in [5, 5.41) is 11.5. The number of unbranched alkanes of at least 4 members (excludes halogenated alkanes) is 2. The Balaban J connectivity index is 2.17. The molecule has 1 aliphatic rings. The fourth-order valence-corrected chi connectivity index (χ4v) is 5.10. The first-order valence-corrected chi connectivity index (χ1v) is 11.7. The number of ether oxygens (including phenoxy) is 1. The zero-order chi connectivity index (χ0) is 21.6. The molecule has 0 aromatic heterocycles. The van der Waals surface area contributed by atoms with Crippen LogP contribution >= 0.6 is 11.8 Å². The number of aliphatic imine (C=N–C) groups is 1. The first-order chi connectivity index (χ1) is 14.5. The van der Waals surface area contributed by atoms with E-state index in [1.54, 1.807) is 31.0 Å². The van der Waals surface area contributed by atoms with Crippen molar-refractivity contribution in [2.45, 2.75) is 62.8 Å². The molecule has 0 amide bonds. The average molecular weight is 427 g/mol. The van der Waals surface area contributed by atoms with E-state index in [1.165, 1.54) is 0 Å². The first kappa shape index (κ1) is 22.3. The number of rotatable bonds is 9. The topological polar surface area (TPSA) is 64.7 Å². The predicted molar refractivity (Wildman–Crippen MR) is 124 cm³/mol. The number of methoxy groups -OCH3 is 1. The minimum Gasteiger partial charge on any atom is -0.497 e. The number of nitro groups is 1. The lowest BCUT2D eigenvalue weighted by molar-refractivity contribution is -0.384. The summed E-state index contributed by atoms with van der Waals surface area (Å²) in [6.45, 7) is 4.42. The standard InChI is InChI=1S/C24H30N2O3S/c1-4-6-14-24(15-7-5-2)17-30-22-13-10-19(26(27)28)16-21(22)23(25-24)18-8-11-20(29-3)12-9-18/h8-13,16H,4-7,14-15,17H2,1-3H3. The third-order valence-corrected chi connectivity index (χ3v) is 6.98. The molecule has 0 saturated heterocycles. The second-order valence-corrected chi connectivity index (χ2v) is 8.86. The Morgan fingerprint density at radius 1 is 1.10 bits per heavy atom. The van der Waals surface area contributed by atoms with Crippen molar-refractivity contribution in [1.82, 2.24) is 0 Å². The summed E-state index contributed by atoms with van der Waals surface area (Å²) in [7, 11) is 1.65. The third-order valence-electron chi connectivity index (χ3n) is 5.63. The van der Waals surface area contributed by atoms with E-state index in [-0.39, 0.29) is 16.1 Å². The number of hydrogen-bond acceptors (Lipinski definition) is 5. The van der Waals surface area contributed by atoms with E-state index < -0.39 is 0 Å². The SMILES string of the molecule is CCCCC1(CCCC)CSc2ccc([N+](=O)[O-])cc2C(c2ccc(OC)cc2)=N1. The van der Waals surface area contributed by atoms with Gasteiger partial charge in [-0.3, -0.25) is 15.1 Å². The minimum atomic E-state index is -0.330. The van der Waals surface area contributed by atoms with E-state index >= 15 is 0 Å². The zero-order valence-electron chi connectivity index (χ0n) is 18.0. The molecular weight excluding hydrogens is 396 g/mol. The number of thioether (sulfide) groups is 1. The minimum absolute atomic E-state index is 0.102. The van der Waals surface area contributed by atoms with Gasteiger partial charge < -0.3 is 4.74 Å². The van der Waals surface area contributed by atoms with Crippen molar-refractivity contribution in [3.63, 3.8) is 0 Å². The lowest BCUT2D eigenvalue weighted by Gasteiger charge is -2.29. The summed E-state index contributed by atoms with van der Waals surface area (Å²) >= 11 is 1.78. The van der Waals surface area contributed by atoms with Crippen LogP contribution in [0.2, 0.25) is 0 Å². The molecule has 0 radical (unpaired) electrons. The molecule has 0 unspecified atom stereocenters. The van der Waals surface area contributed by atoms with E-state index in [9.17, 15) is 10.1 Å². The van der Waals surface area contributed by atoms with E-state index in [2.05, 4.69) is 13.8 Å². The van der Waals surface area contributed by atoms with Gasteiger partial charge in [-0.1, -0.05) is 39.5 Å². The fraction of sp³-hybridized carbons (Fsp3) is 0.458. The molecule has 160 valence electrons. The van der Waals surface area contributed by atoms with E-state index in [1.807, 2.05) is 30.3 Å². The van der Waals surface area contributed by atoms with Crippen LogP contribution in [0.3, 0.4) is 0 Å². The molecule has 0 bridgehead atoms. The van der Waals surface area contributed by atoms with Gasteiger partial charge in [0.1, 0.15) is 5.75 Å². The Kier molecular flexibility index (Phi) is 7.53. The van der Waals surface area contributed by atoms with Gasteiger partial charge in [0.25, 0.3) is 5.69 Å². The number of hydrogen-bond donors (Lipinski definition) is 0. The highest BCUT2D eigenvalue weighted by molar-refractivity contribution is 7.99. The van der Waals surface area contributed by atoms with Gasteiger partial charge in [-0.05, 0) is 43.2 Å². The Morgan fingerprint density at radius 3 is 2.33 bits per heavy atom. The number of nitro benzene ring substituents is 1. The molecule has 1 aliphatic heterocycles. The van der Waals surface area contributed by atoms with Crippen molar-refractivity contribution in [3.05, 3.63) is 63.7 Å². The summed E-state index contributed by atoms with van der Waals surface area (Å²) in [6.07, 6.45) is 6.58. The Morgan fingerprint density at radius 2 is 1.77 bits per heavy atom. The van der Waals surface area contributed by atoms with Crippen molar-refractivity contribution in [1.29, 1.82) is 0 Å².